The van der Waals surface area contributed by atoms with Gasteiger partial charge in [0.2, 0.25) is 0 Å². The van der Waals surface area contributed by atoms with Crippen LogP contribution in [0, 0.1) is 5.92 Å². The number of amides is 1. The van der Waals surface area contributed by atoms with E-state index in [-0.39, 0.29) is 24.0 Å². The molecule has 0 radical (unpaired) electrons. The number of rotatable bonds is 8. The average Bonchev–Trinajstić information content (AvgIpc) is 3.54. The predicted octanol–water partition coefficient (Wildman–Crippen LogP) is 3.17. The first-order chi connectivity index (χ1) is 14.5. The molecule has 166 valence electrons. The van der Waals surface area contributed by atoms with E-state index >= 15 is 0 Å². The van der Waals surface area contributed by atoms with Crippen molar-refractivity contribution in [2.45, 2.75) is 31.6 Å². The van der Waals surface area contributed by atoms with Crippen LogP contribution in [-0.2, 0) is 22.6 Å². The zero-order valence-corrected chi connectivity index (χ0v) is 17.4. The van der Waals surface area contributed by atoms with Gasteiger partial charge in [0.15, 0.2) is 27.0 Å². The molecule has 1 aliphatic carbocycles. The summed E-state index contributed by atoms with van der Waals surface area (Å²) in [5.74, 6) is -0.991. The van der Waals surface area contributed by atoms with Crippen molar-refractivity contribution in [3.8, 4) is 0 Å². The van der Waals surface area contributed by atoms with Crippen molar-refractivity contribution in [3.63, 3.8) is 0 Å². The van der Waals surface area contributed by atoms with Crippen LogP contribution in [-0.4, -0.2) is 36.6 Å². The zero-order valence-electron chi connectivity index (χ0n) is 16.6. The normalized spacial score (nSPS) is 15.6. The van der Waals surface area contributed by atoms with Gasteiger partial charge in [-0.25, -0.2) is 18.4 Å². The number of anilines is 1. The average molecular weight is 454 g/mol. The lowest BCUT2D eigenvalue weighted by molar-refractivity contribution is -0.141. The van der Waals surface area contributed by atoms with Crippen LogP contribution in [0.3, 0.4) is 0 Å². The molecule has 1 amide bonds. The van der Waals surface area contributed by atoms with Crippen molar-refractivity contribution in [2.24, 2.45) is 5.92 Å². The maximum Gasteiger partial charge on any atom is 0.434 e. The summed E-state index contributed by atoms with van der Waals surface area (Å²) in [5, 5.41) is 6.40. The molecule has 0 aliphatic heterocycles. The van der Waals surface area contributed by atoms with Gasteiger partial charge in [0.25, 0.3) is 5.91 Å². The molecule has 1 aromatic carbocycles. The van der Waals surface area contributed by atoms with Crippen LogP contribution in [0.2, 0.25) is 0 Å². The second-order valence-corrected chi connectivity index (χ2v) is 9.22. The SMILES string of the molecule is CS(=O)(=O)/C=C/[C@@H](NC(=O)c1ncc(C(F)(F)F)nc1NCc1ccccc1)C1CC1. The molecule has 1 saturated carbocycles. The number of carbonyl (C=O) groups is 1. The van der Waals surface area contributed by atoms with E-state index in [0.717, 1.165) is 30.1 Å². The molecule has 0 saturated heterocycles. The second-order valence-electron chi connectivity index (χ2n) is 7.28. The van der Waals surface area contributed by atoms with Gasteiger partial charge in [0.1, 0.15) is 0 Å². The maximum absolute atomic E-state index is 13.1. The molecular formula is C20H21F3N4O3S. The topological polar surface area (TPSA) is 101 Å². The predicted molar refractivity (Wildman–Crippen MR) is 109 cm³/mol. The monoisotopic (exact) mass is 454 g/mol. The molecule has 0 bridgehead atoms. The summed E-state index contributed by atoms with van der Waals surface area (Å²) in [7, 11) is -3.39. The number of carbonyl (C=O) groups excluding carboxylic acids is 1. The lowest BCUT2D eigenvalue weighted by Gasteiger charge is -2.17. The first kappa shape index (κ1) is 22.7. The van der Waals surface area contributed by atoms with Crippen molar-refractivity contribution in [1.82, 2.24) is 15.3 Å². The highest BCUT2D eigenvalue weighted by Crippen LogP contribution is 2.34. The number of alkyl halides is 3. The Balaban J connectivity index is 1.85. The molecule has 1 atom stereocenters. The molecule has 7 nitrogen and oxygen atoms in total. The van der Waals surface area contributed by atoms with E-state index in [1.165, 1.54) is 6.08 Å². The fraction of sp³-hybridized carbons (Fsp3) is 0.350. The van der Waals surface area contributed by atoms with E-state index in [0.29, 0.717) is 6.20 Å². The summed E-state index contributed by atoms with van der Waals surface area (Å²) in [6, 6.07) is 8.32. The van der Waals surface area contributed by atoms with E-state index in [4.69, 9.17) is 0 Å². The molecule has 1 aliphatic rings. The van der Waals surface area contributed by atoms with Crippen LogP contribution in [0.4, 0.5) is 19.0 Å². The number of hydrogen-bond donors (Lipinski definition) is 2. The van der Waals surface area contributed by atoms with E-state index in [1.807, 2.05) is 0 Å². The first-order valence-electron chi connectivity index (χ1n) is 9.44. The highest BCUT2D eigenvalue weighted by molar-refractivity contribution is 7.93. The van der Waals surface area contributed by atoms with Gasteiger partial charge in [-0.15, -0.1) is 0 Å². The minimum absolute atomic E-state index is 0.0603. The van der Waals surface area contributed by atoms with Gasteiger partial charge in [0, 0.05) is 18.2 Å². The van der Waals surface area contributed by atoms with E-state index < -0.39 is 33.7 Å². The quantitative estimate of drug-likeness (QED) is 0.636. The zero-order chi connectivity index (χ0) is 22.6. The lowest BCUT2D eigenvalue weighted by Crippen LogP contribution is -2.36. The third-order valence-electron chi connectivity index (χ3n) is 4.54. The van der Waals surface area contributed by atoms with Gasteiger partial charge in [0.05, 0.1) is 12.2 Å². The number of nitrogens with one attached hydrogen (secondary N) is 2. The van der Waals surface area contributed by atoms with Crippen LogP contribution >= 0.6 is 0 Å². The van der Waals surface area contributed by atoms with Crippen molar-refractivity contribution in [1.29, 1.82) is 0 Å². The molecule has 1 heterocycles. The molecule has 2 N–H and O–H groups in total. The summed E-state index contributed by atoms with van der Waals surface area (Å²) in [4.78, 5) is 20.0. The Kier molecular flexibility index (Phi) is 6.63. The summed E-state index contributed by atoms with van der Waals surface area (Å²) in [6.45, 7) is 0.136. The molecule has 0 unspecified atom stereocenters. The first-order valence-corrected chi connectivity index (χ1v) is 11.4. The number of hydrogen-bond acceptors (Lipinski definition) is 6. The van der Waals surface area contributed by atoms with Gasteiger partial charge in [-0.05, 0) is 24.3 Å². The minimum Gasteiger partial charge on any atom is -0.364 e. The van der Waals surface area contributed by atoms with E-state index in [9.17, 15) is 26.4 Å². The molecule has 1 aromatic heterocycles. The highest BCUT2D eigenvalue weighted by atomic mass is 32.2. The smallest absolute Gasteiger partial charge is 0.364 e. The van der Waals surface area contributed by atoms with Crippen LogP contribution in [0.1, 0.15) is 34.6 Å². The highest BCUT2D eigenvalue weighted by Gasteiger charge is 2.35. The van der Waals surface area contributed by atoms with Crippen molar-refractivity contribution >= 4 is 21.6 Å². The largest absolute Gasteiger partial charge is 0.434 e. The Hall–Kier alpha value is -2.95. The van der Waals surface area contributed by atoms with Crippen molar-refractivity contribution in [3.05, 3.63) is 65.0 Å². The molecule has 3 rings (SSSR count). The van der Waals surface area contributed by atoms with Crippen molar-refractivity contribution < 1.29 is 26.4 Å². The number of nitrogens with zero attached hydrogens (tertiary/aromatic N) is 2. The second kappa shape index (κ2) is 9.04. The number of halogens is 3. The maximum atomic E-state index is 13.1. The lowest BCUT2D eigenvalue weighted by atomic mass is 10.1. The molecule has 31 heavy (non-hydrogen) atoms. The fourth-order valence-corrected chi connectivity index (χ4v) is 3.28. The summed E-state index contributed by atoms with van der Waals surface area (Å²) in [6.07, 6.45) is -0.212. The van der Waals surface area contributed by atoms with Crippen LogP contribution < -0.4 is 10.6 Å². The van der Waals surface area contributed by atoms with Gasteiger partial charge in [-0.1, -0.05) is 36.4 Å². The fourth-order valence-electron chi connectivity index (χ4n) is 2.82. The Morgan fingerprint density at radius 3 is 2.52 bits per heavy atom. The van der Waals surface area contributed by atoms with Gasteiger partial charge in [-0.2, -0.15) is 13.2 Å². The van der Waals surface area contributed by atoms with Crippen LogP contribution in [0.25, 0.3) is 0 Å². The van der Waals surface area contributed by atoms with Crippen LogP contribution in [0.15, 0.2) is 48.0 Å². The van der Waals surface area contributed by atoms with Gasteiger partial charge >= 0.3 is 6.18 Å². The van der Waals surface area contributed by atoms with Crippen molar-refractivity contribution in [2.75, 3.05) is 11.6 Å². The molecule has 0 spiro atoms. The van der Waals surface area contributed by atoms with Gasteiger partial charge < -0.3 is 10.6 Å². The van der Waals surface area contributed by atoms with E-state index in [1.54, 1.807) is 30.3 Å². The van der Waals surface area contributed by atoms with E-state index in [2.05, 4.69) is 20.6 Å². The number of aromatic nitrogens is 2. The third kappa shape index (κ3) is 6.78. The summed E-state index contributed by atoms with van der Waals surface area (Å²) >= 11 is 0. The summed E-state index contributed by atoms with van der Waals surface area (Å²) in [5.41, 5.74) is -0.752. The van der Waals surface area contributed by atoms with Crippen LogP contribution in [0.5, 0.6) is 0 Å². The Labute approximate surface area is 177 Å². The standard InChI is InChI=1S/C20H21F3N4O3S/c1-31(29,30)10-9-15(14-7-8-14)26-19(28)17-18(25-11-13-5-3-2-4-6-13)27-16(12-24-17)20(21,22)23/h2-6,9-10,12,14-15H,7-8,11H2,1H3,(H,25,27)(H,26,28)/b10-9+/t15-/m1/s1. The number of benzene rings is 1. The third-order valence-corrected chi connectivity index (χ3v) is 5.19. The Morgan fingerprint density at radius 2 is 1.94 bits per heavy atom. The Bertz CT molecular complexity index is 1070. The summed E-state index contributed by atoms with van der Waals surface area (Å²) < 4.78 is 62.1. The molecule has 1 fully saturated rings. The Morgan fingerprint density at radius 1 is 1.26 bits per heavy atom. The number of sulfone groups is 1. The van der Waals surface area contributed by atoms with Gasteiger partial charge in [-0.3, -0.25) is 4.79 Å². The molecular weight excluding hydrogens is 433 g/mol. The molecule has 11 heteroatoms. The molecule has 2 aromatic rings. The minimum atomic E-state index is -4.72.